The molecule has 43 heavy (non-hydrogen) atoms. The summed E-state index contributed by atoms with van der Waals surface area (Å²) in [7, 11) is 0. The molecule has 1 fully saturated rings. The number of halogens is 3. The number of rotatable bonds is 12. The fourth-order valence-electron chi connectivity index (χ4n) is 5.60. The molecule has 3 aromatic rings. The van der Waals surface area contributed by atoms with Gasteiger partial charge in [0.1, 0.15) is 17.2 Å². The molecule has 5 rings (SSSR count). The van der Waals surface area contributed by atoms with Gasteiger partial charge < -0.3 is 18.9 Å². The summed E-state index contributed by atoms with van der Waals surface area (Å²) in [6.07, 6.45) is 6.00. The lowest BCUT2D eigenvalue weighted by molar-refractivity contribution is -0.137. The van der Waals surface area contributed by atoms with Crippen molar-refractivity contribution < 1.29 is 46.5 Å². The van der Waals surface area contributed by atoms with Gasteiger partial charge in [-0.2, -0.15) is 0 Å². The number of unbranched alkanes of at least 4 members (excludes halogenated alkanes) is 2. The molecule has 0 aliphatic heterocycles. The van der Waals surface area contributed by atoms with Crippen molar-refractivity contribution in [2.75, 3.05) is 13.2 Å². The smallest absolute Gasteiger partial charge is 0.343 e. The Morgan fingerprint density at radius 3 is 1.91 bits per heavy atom. The van der Waals surface area contributed by atoms with E-state index in [9.17, 15) is 27.6 Å². The van der Waals surface area contributed by atoms with E-state index in [1.54, 1.807) is 30.3 Å². The van der Waals surface area contributed by atoms with E-state index in [1.165, 1.54) is 6.07 Å². The van der Waals surface area contributed by atoms with E-state index >= 15 is 0 Å². The van der Waals surface area contributed by atoms with E-state index in [2.05, 4.69) is 6.58 Å². The van der Waals surface area contributed by atoms with Crippen LogP contribution in [0.5, 0.6) is 17.2 Å². The number of hydrogen-bond donors (Lipinski definition) is 0. The fourth-order valence-corrected chi connectivity index (χ4v) is 5.60. The Hall–Kier alpha value is -4.60. The van der Waals surface area contributed by atoms with Crippen LogP contribution < -0.4 is 14.2 Å². The molecule has 2 bridgehead atoms. The van der Waals surface area contributed by atoms with Crippen LogP contribution in [0.25, 0.3) is 0 Å². The van der Waals surface area contributed by atoms with Crippen LogP contribution in [-0.2, 0) is 9.53 Å². The summed E-state index contributed by atoms with van der Waals surface area (Å²) in [4.78, 5) is 36.7. The van der Waals surface area contributed by atoms with Gasteiger partial charge in [0, 0.05) is 17.2 Å². The highest BCUT2D eigenvalue weighted by Crippen LogP contribution is 2.58. The molecular formula is C33H29F3O7. The normalized spacial score (nSPS) is 16.3. The molecular weight excluding hydrogens is 565 g/mol. The van der Waals surface area contributed by atoms with E-state index in [4.69, 9.17) is 18.9 Å². The molecule has 2 unspecified atom stereocenters. The van der Waals surface area contributed by atoms with Crippen LogP contribution in [-0.4, -0.2) is 31.1 Å². The highest BCUT2D eigenvalue weighted by molar-refractivity contribution is 5.92. The predicted molar refractivity (Wildman–Crippen MR) is 149 cm³/mol. The quantitative estimate of drug-likeness (QED) is 0.0721. The van der Waals surface area contributed by atoms with E-state index < -0.39 is 40.9 Å². The average Bonchev–Trinajstić information content (AvgIpc) is 3.63. The van der Waals surface area contributed by atoms with Gasteiger partial charge in [-0.3, -0.25) is 0 Å². The van der Waals surface area contributed by atoms with Gasteiger partial charge in [0.2, 0.25) is 0 Å². The number of carbonyl (C=O) groups is 3. The molecule has 3 aromatic carbocycles. The Bertz CT molecular complexity index is 1530. The number of fused-ring (bicyclic) bond motifs is 5. The van der Waals surface area contributed by atoms with Gasteiger partial charge in [-0.25, -0.2) is 27.6 Å². The maximum absolute atomic E-state index is 13.7. The maximum Gasteiger partial charge on any atom is 0.343 e. The molecule has 2 atom stereocenters. The van der Waals surface area contributed by atoms with E-state index in [1.807, 2.05) is 0 Å². The van der Waals surface area contributed by atoms with Gasteiger partial charge in [-0.15, -0.1) is 0 Å². The minimum absolute atomic E-state index is 0.0849. The molecule has 0 saturated heterocycles. The second-order valence-corrected chi connectivity index (χ2v) is 10.4. The maximum atomic E-state index is 13.7. The van der Waals surface area contributed by atoms with Gasteiger partial charge in [0.05, 0.1) is 24.3 Å². The van der Waals surface area contributed by atoms with Crippen LogP contribution in [0.3, 0.4) is 0 Å². The summed E-state index contributed by atoms with van der Waals surface area (Å²) in [5, 5.41) is 0. The summed E-state index contributed by atoms with van der Waals surface area (Å²) < 4.78 is 62.6. The molecule has 0 N–H and O–H groups in total. The largest absolute Gasteiger partial charge is 0.494 e. The Kier molecular flexibility index (Phi) is 9.13. The Morgan fingerprint density at radius 2 is 1.33 bits per heavy atom. The summed E-state index contributed by atoms with van der Waals surface area (Å²) in [6, 6.07) is 10.8. The topological polar surface area (TPSA) is 88.1 Å². The SMILES string of the molecule is C=CC(=O)OCCCCCOc1ccc(C(=O)Oc2ccc(OC(=O)c3cc(F)c(F)c(F)c3)c3c2C2CCC3C2)cc1. The molecule has 2 aliphatic carbocycles. The van der Waals surface area contributed by atoms with Crippen LogP contribution in [0.4, 0.5) is 13.2 Å². The summed E-state index contributed by atoms with van der Waals surface area (Å²) in [5.74, 6) is -5.28. The molecule has 0 aromatic heterocycles. The lowest BCUT2D eigenvalue weighted by Gasteiger charge is -2.21. The first-order valence-electron chi connectivity index (χ1n) is 14.0. The van der Waals surface area contributed by atoms with Crippen molar-refractivity contribution in [3.8, 4) is 17.2 Å². The molecule has 0 spiro atoms. The average molecular weight is 595 g/mol. The molecule has 7 nitrogen and oxygen atoms in total. The van der Waals surface area contributed by atoms with Gasteiger partial charge in [0.15, 0.2) is 17.5 Å². The zero-order chi connectivity index (χ0) is 30.5. The van der Waals surface area contributed by atoms with Gasteiger partial charge in [0.25, 0.3) is 0 Å². The fraction of sp³-hybridized carbons (Fsp3) is 0.303. The Morgan fingerprint density at radius 1 is 0.767 bits per heavy atom. The second-order valence-electron chi connectivity index (χ2n) is 10.4. The first kappa shape index (κ1) is 29.9. The predicted octanol–water partition coefficient (Wildman–Crippen LogP) is 7.19. The van der Waals surface area contributed by atoms with Crippen molar-refractivity contribution in [3.05, 3.63) is 101 Å². The molecule has 224 valence electrons. The molecule has 0 radical (unpaired) electrons. The number of ether oxygens (including phenoxy) is 4. The monoisotopic (exact) mass is 594 g/mol. The first-order chi connectivity index (χ1) is 20.7. The van der Waals surface area contributed by atoms with Crippen molar-refractivity contribution in [1.82, 2.24) is 0 Å². The van der Waals surface area contributed by atoms with Crippen LogP contribution in [0.2, 0.25) is 0 Å². The summed E-state index contributed by atoms with van der Waals surface area (Å²) in [6.45, 7) is 4.14. The zero-order valence-electron chi connectivity index (χ0n) is 23.2. The van der Waals surface area contributed by atoms with Crippen molar-refractivity contribution in [2.45, 2.75) is 50.4 Å². The zero-order valence-corrected chi connectivity index (χ0v) is 23.2. The third kappa shape index (κ3) is 6.74. The lowest BCUT2D eigenvalue weighted by atomic mass is 9.90. The van der Waals surface area contributed by atoms with E-state index in [0.717, 1.165) is 55.7 Å². The molecule has 2 aliphatic rings. The van der Waals surface area contributed by atoms with Gasteiger partial charge in [-0.1, -0.05) is 6.58 Å². The number of esters is 3. The number of benzene rings is 3. The van der Waals surface area contributed by atoms with Crippen molar-refractivity contribution in [1.29, 1.82) is 0 Å². The molecule has 0 heterocycles. The standard InChI is InChI=1S/C33H29F3O7/c1-2-28(37)41-15-5-3-4-14-40-23-10-8-19(9-11-23)32(38)42-26-12-13-27(30-21-7-6-20(16-21)29(26)30)43-33(39)22-17-24(34)31(36)25(35)18-22/h2,8-13,17-18,20-21H,1,3-7,14-16H2. The number of hydrogen-bond acceptors (Lipinski definition) is 7. The van der Waals surface area contributed by atoms with Crippen LogP contribution in [0.1, 0.15) is 82.2 Å². The van der Waals surface area contributed by atoms with Crippen molar-refractivity contribution in [2.24, 2.45) is 0 Å². The summed E-state index contributed by atoms with van der Waals surface area (Å²) in [5.41, 5.74) is 1.39. The van der Waals surface area contributed by atoms with Crippen molar-refractivity contribution >= 4 is 17.9 Å². The van der Waals surface area contributed by atoms with E-state index in [0.29, 0.717) is 42.4 Å². The number of carbonyl (C=O) groups excluding carboxylic acids is 3. The van der Waals surface area contributed by atoms with Gasteiger partial charge >= 0.3 is 17.9 Å². The van der Waals surface area contributed by atoms with Gasteiger partial charge in [-0.05, 0) is 98.9 Å². The van der Waals surface area contributed by atoms with Crippen LogP contribution in [0.15, 0.2) is 61.2 Å². The minimum Gasteiger partial charge on any atom is -0.494 e. The first-order valence-corrected chi connectivity index (χ1v) is 14.0. The second kappa shape index (κ2) is 13.1. The molecule has 1 saturated carbocycles. The Labute approximate surface area is 246 Å². The third-order valence-corrected chi connectivity index (χ3v) is 7.64. The molecule has 10 heteroatoms. The molecule has 0 amide bonds. The van der Waals surface area contributed by atoms with Crippen molar-refractivity contribution in [3.63, 3.8) is 0 Å². The highest BCUT2D eigenvalue weighted by atomic mass is 19.2. The third-order valence-electron chi connectivity index (χ3n) is 7.64. The van der Waals surface area contributed by atoms with Crippen LogP contribution >= 0.6 is 0 Å². The van der Waals surface area contributed by atoms with E-state index in [-0.39, 0.29) is 17.6 Å². The highest BCUT2D eigenvalue weighted by Gasteiger charge is 2.42. The minimum atomic E-state index is -1.67. The Balaban J connectivity index is 1.21. The summed E-state index contributed by atoms with van der Waals surface area (Å²) >= 11 is 0. The van der Waals surface area contributed by atoms with Crippen LogP contribution in [0, 0.1) is 17.5 Å². The lowest BCUT2D eigenvalue weighted by Crippen LogP contribution is -2.15.